The number of nitrogens with zero attached hydrogens (tertiary/aromatic N) is 2. The van der Waals surface area contributed by atoms with Crippen LogP contribution in [0.2, 0.25) is 0 Å². The monoisotopic (exact) mass is 313 g/mol. The van der Waals surface area contributed by atoms with Gasteiger partial charge >= 0.3 is 6.03 Å². The lowest BCUT2D eigenvalue weighted by Gasteiger charge is -2.41. The molecule has 0 aromatic heterocycles. The number of piperidine rings is 1. The van der Waals surface area contributed by atoms with Gasteiger partial charge in [-0.05, 0) is 45.0 Å². The Hall–Kier alpha value is -0.420. The number of amides is 2. The molecule has 1 saturated carbocycles. The first-order valence-electron chi connectivity index (χ1n) is 8.27. The van der Waals surface area contributed by atoms with Crippen LogP contribution in [-0.2, 0) is 0 Å². The second-order valence-corrected chi connectivity index (χ2v) is 7.90. The van der Waals surface area contributed by atoms with Crippen LogP contribution in [0.3, 0.4) is 0 Å². The first-order valence-corrected chi connectivity index (χ1v) is 9.56. The smallest absolute Gasteiger partial charge is 0.317 e. The van der Waals surface area contributed by atoms with Gasteiger partial charge in [-0.25, -0.2) is 4.79 Å². The fraction of sp³-hybridized carbons (Fsp3) is 0.938. The zero-order valence-corrected chi connectivity index (χ0v) is 14.8. The van der Waals surface area contributed by atoms with Crippen molar-refractivity contribution in [2.24, 2.45) is 5.92 Å². The van der Waals surface area contributed by atoms with Crippen molar-refractivity contribution in [1.29, 1.82) is 0 Å². The molecule has 1 N–H and O–H groups in total. The summed E-state index contributed by atoms with van der Waals surface area (Å²) in [4.78, 5) is 16.9. The highest BCUT2D eigenvalue weighted by molar-refractivity contribution is 7.99. The molecule has 21 heavy (non-hydrogen) atoms. The van der Waals surface area contributed by atoms with Crippen molar-refractivity contribution < 1.29 is 4.79 Å². The summed E-state index contributed by atoms with van der Waals surface area (Å²) in [6.07, 6.45) is 8.17. The van der Waals surface area contributed by atoms with Gasteiger partial charge in [-0.3, -0.25) is 0 Å². The Morgan fingerprint density at radius 3 is 2.67 bits per heavy atom. The topological polar surface area (TPSA) is 35.6 Å². The average Bonchev–Trinajstić information content (AvgIpc) is 2.47. The highest BCUT2D eigenvalue weighted by Gasteiger charge is 2.32. The zero-order valence-electron chi connectivity index (χ0n) is 14.0. The molecule has 122 valence electrons. The molecule has 0 unspecified atom stereocenters. The van der Waals surface area contributed by atoms with E-state index in [4.69, 9.17) is 0 Å². The largest absolute Gasteiger partial charge is 0.334 e. The van der Waals surface area contributed by atoms with E-state index in [0.717, 1.165) is 25.9 Å². The molecule has 0 radical (unpaired) electrons. The van der Waals surface area contributed by atoms with Gasteiger partial charge in [0.05, 0.1) is 0 Å². The Morgan fingerprint density at radius 1 is 1.29 bits per heavy atom. The third kappa shape index (κ3) is 4.28. The van der Waals surface area contributed by atoms with Crippen LogP contribution in [-0.4, -0.2) is 66.6 Å². The molecule has 2 amide bonds. The summed E-state index contributed by atoms with van der Waals surface area (Å²) >= 11 is 1.90. The Labute approximate surface area is 134 Å². The number of carbonyl (C=O) groups excluding carboxylic acids is 1. The van der Waals surface area contributed by atoms with Crippen molar-refractivity contribution in [3.05, 3.63) is 0 Å². The van der Waals surface area contributed by atoms with Gasteiger partial charge in [0, 0.05) is 30.9 Å². The minimum Gasteiger partial charge on any atom is -0.334 e. The van der Waals surface area contributed by atoms with E-state index < -0.39 is 0 Å². The van der Waals surface area contributed by atoms with Gasteiger partial charge in [-0.2, -0.15) is 11.8 Å². The summed E-state index contributed by atoms with van der Waals surface area (Å²) in [5.74, 6) is 0.544. The molecule has 5 heteroatoms. The number of nitrogens with one attached hydrogen (secondary N) is 1. The van der Waals surface area contributed by atoms with Gasteiger partial charge in [0.2, 0.25) is 0 Å². The fourth-order valence-corrected chi connectivity index (χ4v) is 4.81. The van der Waals surface area contributed by atoms with Crippen molar-refractivity contribution >= 4 is 17.8 Å². The lowest BCUT2D eigenvalue weighted by molar-refractivity contribution is 0.105. The molecule has 4 atom stereocenters. The van der Waals surface area contributed by atoms with Crippen LogP contribution in [0.1, 0.15) is 39.0 Å². The van der Waals surface area contributed by atoms with Gasteiger partial charge in [-0.1, -0.05) is 19.8 Å². The number of hydrogen-bond donors (Lipinski definition) is 1. The first-order chi connectivity index (χ1) is 10.0. The molecule has 1 heterocycles. The molecule has 4 nitrogen and oxygen atoms in total. The van der Waals surface area contributed by atoms with Crippen molar-refractivity contribution in [3.8, 4) is 0 Å². The number of carbonyl (C=O) groups is 1. The highest BCUT2D eigenvalue weighted by atomic mass is 32.2. The first kappa shape index (κ1) is 16.9. The molecule has 2 rings (SSSR count). The predicted octanol–water partition coefficient (Wildman–Crippen LogP) is 2.64. The molecule has 1 aliphatic heterocycles. The molecule has 0 spiro atoms. The minimum absolute atomic E-state index is 0.127. The summed E-state index contributed by atoms with van der Waals surface area (Å²) in [5, 5.41) is 3.89. The Kier molecular flexibility index (Phi) is 6.23. The van der Waals surface area contributed by atoms with E-state index in [1.54, 1.807) is 0 Å². The van der Waals surface area contributed by atoms with E-state index in [2.05, 4.69) is 30.4 Å². The third-order valence-corrected chi connectivity index (χ3v) is 6.36. The number of hydrogen-bond acceptors (Lipinski definition) is 3. The van der Waals surface area contributed by atoms with E-state index in [1.807, 2.05) is 23.7 Å². The van der Waals surface area contributed by atoms with Crippen molar-refractivity contribution in [2.75, 3.05) is 33.4 Å². The Morgan fingerprint density at radius 2 is 2.00 bits per heavy atom. The summed E-state index contributed by atoms with van der Waals surface area (Å²) in [6, 6.07) is 0.852. The fourth-order valence-electron chi connectivity index (χ4n) is 3.87. The van der Waals surface area contributed by atoms with Crippen molar-refractivity contribution in [1.82, 2.24) is 15.1 Å². The highest BCUT2D eigenvalue weighted by Crippen LogP contribution is 2.27. The maximum atomic E-state index is 12.6. The lowest BCUT2D eigenvalue weighted by Crippen LogP contribution is -2.55. The van der Waals surface area contributed by atoms with E-state index in [-0.39, 0.29) is 6.03 Å². The van der Waals surface area contributed by atoms with E-state index in [0.29, 0.717) is 23.3 Å². The van der Waals surface area contributed by atoms with Gasteiger partial charge in [0.25, 0.3) is 0 Å². The van der Waals surface area contributed by atoms with Gasteiger partial charge in [-0.15, -0.1) is 0 Å². The number of rotatable bonds is 3. The Bertz CT molecular complexity index is 352. The van der Waals surface area contributed by atoms with Crippen LogP contribution >= 0.6 is 11.8 Å². The minimum atomic E-state index is 0.127. The Balaban J connectivity index is 1.89. The molecule has 0 aromatic rings. The van der Waals surface area contributed by atoms with Crippen molar-refractivity contribution in [3.63, 3.8) is 0 Å². The van der Waals surface area contributed by atoms with E-state index >= 15 is 0 Å². The summed E-state index contributed by atoms with van der Waals surface area (Å²) in [6.45, 7) is 4.43. The van der Waals surface area contributed by atoms with Gasteiger partial charge in [0.1, 0.15) is 0 Å². The maximum Gasteiger partial charge on any atom is 0.317 e. The van der Waals surface area contributed by atoms with Crippen LogP contribution in [0.15, 0.2) is 0 Å². The second kappa shape index (κ2) is 7.73. The number of thioether (sulfide) groups is 1. The van der Waals surface area contributed by atoms with Crippen LogP contribution in [0, 0.1) is 5.92 Å². The average molecular weight is 314 g/mol. The van der Waals surface area contributed by atoms with Gasteiger partial charge < -0.3 is 15.1 Å². The third-order valence-electron chi connectivity index (χ3n) is 5.20. The predicted molar refractivity (Wildman–Crippen MR) is 90.9 cm³/mol. The quantitative estimate of drug-likeness (QED) is 0.870. The number of likely N-dealkylation sites (tertiary alicyclic amines) is 1. The number of urea groups is 1. The lowest BCUT2D eigenvalue weighted by atomic mass is 9.93. The summed E-state index contributed by atoms with van der Waals surface area (Å²) in [5.41, 5.74) is 0. The summed E-state index contributed by atoms with van der Waals surface area (Å²) in [7, 11) is 4.14. The molecule has 2 fully saturated rings. The van der Waals surface area contributed by atoms with Crippen LogP contribution in [0.4, 0.5) is 4.79 Å². The van der Waals surface area contributed by atoms with Gasteiger partial charge in [0.15, 0.2) is 0 Å². The van der Waals surface area contributed by atoms with Crippen LogP contribution < -0.4 is 5.32 Å². The molecule has 1 aliphatic carbocycles. The standard InChI is InChI=1S/C16H31N3OS/c1-12-11-18(2)10-9-14(12)19(3)16(20)17-13-7-5-6-8-15(13)21-4/h12-15H,5-11H2,1-4H3,(H,17,20)/t12-,13+,14+,15-/m1/s1. The molecule has 0 bridgehead atoms. The molecular formula is C16H31N3OS. The SMILES string of the molecule is CS[C@@H]1CCCC[C@@H]1NC(=O)N(C)[C@H]1CCN(C)C[C@H]1C. The second-order valence-electron chi connectivity index (χ2n) is 6.82. The van der Waals surface area contributed by atoms with Crippen LogP contribution in [0.25, 0.3) is 0 Å². The molecule has 0 aromatic carbocycles. The van der Waals surface area contributed by atoms with E-state index in [9.17, 15) is 4.79 Å². The normalized spacial score (nSPS) is 34.5. The molecule has 1 saturated heterocycles. The molecule has 2 aliphatic rings. The van der Waals surface area contributed by atoms with E-state index in [1.165, 1.54) is 19.3 Å². The summed E-state index contributed by atoms with van der Waals surface area (Å²) < 4.78 is 0. The zero-order chi connectivity index (χ0) is 15.4. The maximum absolute atomic E-state index is 12.6. The van der Waals surface area contributed by atoms with Crippen LogP contribution in [0.5, 0.6) is 0 Å². The van der Waals surface area contributed by atoms with Crippen molar-refractivity contribution in [2.45, 2.75) is 56.4 Å². The molecular weight excluding hydrogens is 282 g/mol.